The Morgan fingerprint density at radius 2 is 2.00 bits per heavy atom. The molecule has 0 saturated carbocycles. The van der Waals surface area contributed by atoms with Crippen molar-refractivity contribution in [1.82, 2.24) is 5.32 Å². The molecule has 18 heavy (non-hydrogen) atoms. The molecule has 1 aromatic rings. The normalized spacial score (nSPS) is 18.3. The second-order valence-corrected chi connectivity index (χ2v) is 4.69. The second-order valence-electron chi connectivity index (χ2n) is 3.82. The van der Waals surface area contributed by atoms with Gasteiger partial charge in [-0.2, -0.15) is 0 Å². The lowest BCUT2D eigenvalue weighted by molar-refractivity contribution is -0.119. The Morgan fingerprint density at radius 1 is 1.33 bits per heavy atom. The maximum Gasteiger partial charge on any atom is 0.411 e. The highest BCUT2D eigenvalue weighted by atomic mass is 35.5. The maximum atomic E-state index is 11.5. The quantitative estimate of drug-likeness (QED) is 0.878. The van der Waals surface area contributed by atoms with Gasteiger partial charge in [0.15, 0.2) is 0 Å². The van der Waals surface area contributed by atoms with E-state index >= 15 is 0 Å². The van der Waals surface area contributed by atoms with E-state index in [1.807, 2.05) is 0 Å². The number of halogens is 2. The van der Waals surface area contributed by atoms with E-state index in [1.54, 1.807) is 18.2 Å². The predicted octanol–water partition coefficient (Wildman–Crippen LogP) is 2.43. The number of rotatable bonds is 2. The van der Waals surface area contributed by atoms with Crippen LogP contribution in [0.25, 0.3) is 0 Å². The van der Waals surface area contributed by atoms with Crippen molar-refractivity contribution in [2.75, 3.05) is 11.9 Å². The van der Waals surface area contributed by atoms with Gasteiger partial charge in [-0.1, -0.05) is 23.2 Å². The van der Waals surface area contributed by atoms with Crippen LogP contribution in [0.15, 0.2) is 18.2 Å². The van der Waals surface area contributed by atoms with Gasteiger partial charge in [-0.05, 0) is 18.2 Å². The number of amides is 2. The third kappa shape index (κ3) is 3.51. The zero-order chi connectivity index (χ0) is 13.1. The minimum Gasteiger partial charge on any atom is -0.444 e. The van der Waals surface area contributed by atoms with Gasteiger partial charge in [-0.3, -0.25) is 10.1 Å². The summed E-state index contributed by atoms with van der Waals surface area (Å²) in [5.41, 5.74) is 0.440. The third-order valence-corrected chi connectivity index (χ3v) is 2.76. The van der Waals surface area contributed by atoms with Gasteiger partial charge < -0.3 is 10.1 Å². The number of anilines is 1. The minimum atomic E-state index is -0.644. The Kier molecular flexibility index (Phi) is 3.93. The molecule has 0 aromatic heterocycles. The van der Waals surface area contributed by atoms with Crippen LogP contribution in [0.2, 0.25) is 10.0 Å². The second kappa shape index (κ2) is 5.46. The first-order chi connectivity index (χ1) is 8.52. The van der Waals surface area contributed by atoms with Crippen molar-refractivity contribution >= 4 is 40.9 Å². The summed E-state index contributed by atoms with van der Waals surface area (Å²) in [4.78, 5) is 22.5. The molecule has 2 rings (SSSR count). The summed E-state index contributed by atoms with van der Waals surface area (Å²) in [7, 11) is 0. The number of benzene rings is 1. The smallest absolute Gasteiger partial charge is 0.411 e. The number of carbonyl (C=O) groups is 2. The van der Waals surface area contributed by atoms with E-state index in [1.165, 1.54) is 0 Å². The lowest BCUT2D eigenvalue weighted by atomic mass is 10.3. The van der Waals surface area contributed by atoms with E-state index in [0.29, 0.717) is 22.3 Å². The molecule has 1 saturated heterocycles. The summed E-state index contributed by atoms with van der Waals surface area (Å²) in [5.74, 6) is -0.126. The van der Waals surface area contributed by atoms with Crippen molar-refractivity contribution in [3.63, 3.8) is 0 Å². The van der Waals surface area contributed by atoms with Gasteiger partial charge in [-0.25, -0.2) is 4.79 Å². The number of ether oxygens (including phenoxy) is 1. The molecule has 2 N–H and O–H groups in total. The van der Waals surface area contributed by atoms with E-state index in [2.05, 4.69) is 10.6 Å². The monoisotopic (exact) mass is 288 g/mol. The van der Waals surface area contributed by atoms with Crippen LogP contribution in [0.4, 0.5) is 10.5 Å². The summed E-state index contributed by atoms with van der Waals surface area (Å²) in [5, 5.41) is 5.89. The van der Waals surface area contributed by atoms with E-state index in [9.17, 15) is 9.59 Å². The lowest BCUT2D eigenvalue weighted by Crippen LogP contribution is -2.24. The fourth-order valence-electron chi connectivity index (χ4n) is 1.59. The average Bonchev–Trinajstić information content (AvgIpc) is 2.61. The summed E-state index contributed by atoms with van der Waals surface area (Å²) >= 11 is 11.6. The molecule has 1 aliphatic rings. The van der Waals surface area contributed by atoms with E-state index in [4.69, 9.17) is 27.9 Å². The number of nitrogens with one attached hydrogen (secondary N) is 2. The highest BCUT2D eigenvalue weighted by Crippen LogP contribution is 2.22. The van der Waals surface area contributed by atoms with Gasteiger partial charge >= 0.3 is 6.09 Å². The van der Waals surface area contributed by atoms with Gasteiger partial charge in [0.2, 0.25) is 5.91 Å². The molecule has 1 heterocycles. The standard InChI is InChI=1S/C11H10Cl2N2O3/c12-6-1-7(13)3-8(2-6)15-11(17)18-9-4-10(16)14-5-9/h1-3,9H,4-5H2,(H,14,16)(H,15,17). The van der Waals surface area contributed by atoms with Crippen LogP contribution in [0.5, 0.6) is 0 Å². The fraction of sp³-hybridized carbons (Fsp3) is 0.273. The van der Waals surface area contributed by atoms with Gasteiger partial charge in [0.25, 0.3) is 0 Å². The van der Waals surface area contributed by atoms with Crippen LogP contribution in [0, 0.1) is 0 Å². The van der Waals surface area contributed by atoms with Crippen LogP contribution in [0.3, 0.4) is 0 Å². The van der Waals surface area contributed by atoms with Crippen LogP contribution in [-0.4, -0.2) is 24.6 Å². The summed E-state index contributed by atoms with van der Waals surface area (Å²) in [6.07, 6.45) is -0.897. The molecule has 1 unspecified atom stereocenters. The first kappa shape index (κ1) is 13.0. The highest BCUT2D eigenvalue weighted by Gasteiger charge is 2.24. The maximum absolute atomic E-state index is 11.5. The van der Waals surface area contributed by atoms with Crippen LogP contribution >= 0.6 is 23.2 Å². The van der Waals surface area contributed by atoms with E-state index < -0.39 is 12.2 Å². The Morgan fingerprint density at radius 3 is 2.56 bits per heavy atom. The molecule has 5 nitrogen and oxygen atoms in total. The molecule has 1 aromatic carbocycles. The Balaban J connectivity index is 1.92. The first-order valence-corrected chi connectivity index (χ1v) is 5.99. The van der Waals surface area contributed by atoms with Crippen LogP contribution < -0.4 is 10.6 Å². The zero-order valence-electron chi connectivity index (χ0n) is 9.20. The van der Waals surface area contributed by atoms with E-state index in [-0.39, 0.29) is 12.3 Å². The summed E-state index contributed by atoms with van der Waals surface area (Å²) in [6.45, 7) is 0.336. The zero-order valence-corrected chi connectivity index (χ0v) is 10.7. The Labute approximate surface area is 113 Å². The van der Waals surface area contributed by atoms with Crippen molar-refractivity contribution in [3.05, 3.63) is 28.2 Å². The minimum absolute atomic E-state index is 0.126. The number of hydrogen-bond acceptors (Lipinski definition) is 3. The van der Waals surface area contributed by atoms with Crippen molar-refractivity contribution in [2.45, 2.75) is 12.5 Å². The fourth-order valence-corrected chi connectivity index (χ4v) is 2.11. The molecule has 0 spiro atoms. The number of carbonyl (C=O) groups excluding carboxylic acids is 2. The molecule has 0 radical (unpaired) electrons. The van der Waals surface area contributed by atoms with Crippen molar-refractivity contribution < 1.29 is 14.3 Å². The third-order valence-electron chi connectivity index (χ3n) is 2.32. The molecular formula is C11H10Cl2N2O3. The van der Waals surface area contributed by atoms with Gasteiger partial charge in [0.05, 0.1) is 13.0 Å². The molecule has 1 fully saturated rings. The van der Waals surface area contributed by atoms with E-state index in [0.717, 1.165) is 0 Å². The SMILES string of the molecule is O=C1CC(OC(=O)Nc2cc(Cl)cc(Cl)c2)CN1. The van der Waals surface area contributed by atoms with Crippen molar-refractivity contribution in [3.8, 4) is 0 Å². The van der Waals surface area contributed by atoms with Gasteiger partial charge in [0.1, 0.15) is 6.10 Å². The topological polar surface area (TPSA) is 67.4 Å². The number of hydrogen-bond donors (Lipinski definition) is 2. The summed E-state index contributed by atoms with van der Waals surface area (Å²) < 4.78 is 5.05. The molecule has 0 bridgehead atoms. The van der Waals surface area contributed by atoms with Crippen LogP contribution in [0.1, 0.15) is 6.42 Å². The Bertz CT molecular complexity index is 473. The molecule has 2 amide bonds. The summed E-state index contributed by atoms with van der Waals surface area (Å²) in [6, 6.07) is 4.65. The molecule has 7 heteroatoms. The van der Waals surface area contributed by atoms with Gasteiger partial charge in [0, 0.05) is 15.7 Å². The Hall–Kier alpha value is -1.46. The molecule has 0 aliphatic carbocycles. The largest absolute Gasteiger partial charge is 0.444 e. The molecular weight excluding hydrogens is 279 g/mol. The van der Waals surface area contributed by atoms with Crippen molar-refractivity contribution in [1.29, 1.82) is 0 Å². The van der Waals surface area contributed by atoms with Crippen molar-refractivity contribution in [2.24, 2.45) is 0 Å². The first-order valence-electron chi connectivity index (χ1n) is 5.23. The van der Waals surface area contributed by atoms with Gasteiger partial charge in [-0.15, -0.1) is 0 Å². The lowest BCUT2D eigenvalue weighted by Gasteiger charge is -2.11. The predicted molar refractivity (Wildman–Crippen MR) is 68.0 cm³/mol. The van der Waals surface area contributed by atoms with Crippen LogP contribution in [-0.2, 0) is 9.53 Å². The molecule has 1 aliphatic heterocycles. The molecule has 1 atom stereocenters. The molecule has 96 valence electrons. The highest BCUT2D eigenvalue weighted by molar-refractivity contribution is 6.35. The average molecular weight is 289 g/mol.